The first-order valence-electron chi connectivity index (χ1n) is 6.67. The van der Waals surface area contributed by atoms with Gasteiger partial charge in [0.05, 0.1) is 11.7 Å². The predicted octanol–water partition coefficient (Wildman–Crippen LogP) is 2.67. The van der Waals surface area contributed by atoms with Crippen LogP contribution in [0, 0.1) is 0 Å². The van der Waals surface area contributed by atoms with Crippen molar-refractivity contribution < 1.29 is 22.7 Å². The van der Waals surface area contributed by atoms with Gasteiger partial charge in [0.1, 0.15) is 6.10 Å². The molecule has 0 aliphatic carbocycles. The van der Waals surface area contributed by atoms with E-state index >= 15 is 0 Å². The molecule has 2 atom stereocenters. The van der Waals surface area contributed by atoms with Crippen LogP contribution in [0.25, 0.3) is 0 Å². The molecule has 0 radical (unpaired) electrons. The molecule has 1 heterocycles. The number of benzene rings is 1. The molecule has 1 aliphatic rings. The van der Waals surface area contributed by atoms with E-state index in [2.05, 4.69) is 5.32 Å². The van der Waals surface area contributed by atoms with Crippen LogP contribution < -0.4 is 11.1 Å². The maximum atomic E-state index is 12.9. The standard InChI is InChI=1S/C14H17F3N2O2/c1-8-2-5-12(21-8)13(20)19-10-4-3-9(7-18)11(6-10)14(15,16)17/h3-4,6,8,12H,2,5,7,18H2,1H3,(H,19,20). The molecule has 1 aliphatic heterocycles. The van der Waals surface area contributed by atoms with Gasteiger partial charge in [-0.05, 0) is 37.5 Å². The van der Waals surface area contributed by atoms with Gasteiger partial charge in [-0.3, -0.25) is 4.79 Å². The van der Waals surface area contributed by atoms with E-state index in [4.69, 9.17) is 10.5 Å². The molecule has 2 unspecified atom stereocenters. The molecule has 2 rings (SSSR count). The summed E-state index contributed by atoms with van der Waals surface area (Å²) in [6.07, 6.45) is -3.79. The summed E-state index contributed by atoms with van der Waals surface area (Å²) in [5.74, 6) is -0.423. The highest BCUT2D eigenvalue weighted by Gasteiger charge is 2.34. The summed E-state index contributed by atoms with van der Waals surface area (Å²) in [5.41, 5.74) is 4.56. The summed E-state index contributed by atoms with van der Waals surface area (Å²) in [5, 5.41) is 2.46. The number of anilines is 1. The van der Waals surface area contributed by atoms with Crippen molar-refractivity contribution in [2.75, 3.05) is 5.32 Å². The Balaban J connectivity index is 2.15. The van der Waals surface area contributed by atoms with E-state index in [-0.39, 0.29) is 23.9 Å². The van der Waals surface area contributed by atoms with Crippen LogP contribution in [0.4, 0.5) is 18.9 Å². The van der Waals surface area contributed by atoms with Crippen molar-refractivity contribution in [1.82, 2.24) is 0 Å². The number of carbonyl (C=O) groups is 1. The Kier molecular flexibility index (Phi) is 4.53. The molecule has 1 saturated heterocycles. The Hall–Kier alpha value is -1.60. The zero-order chi connectivity index (χ0) is 15.6. The minimum atomic E-state index is -4.51. The Morgan fingerprint density at radius 3 is 2.67 bits per heavy atom. The highest BCUT2D eigenvalue weighted by atomic mass is 19.4. The molecule has 0 bridgehead atoms. The van der Waals surface area contributed by atoms with Crippen LogP contribution in [-0.4, -0.2) is 18.1 Å². The maximum Gasteiger partial charge on any atom is 0.416 e. The third-order valence-electron chi connectivity index (χ3n) is 3.43. The zero-order valence-corrected chi connectivity index (χ0v) is 11.5. The summed E-state index contributed by atoms with van der Waals surface area (Å²) in [4.78, 5) is 11.9. The lowest BCUT2D eigenvalue weighted by Crippen LogP contribution is -2.28. The second-order valence-electron chi connectivity index (χ2n) is 5.08. The quantitative estimate of drug-likeness (QED) is 0.902. The number of alkyl halides is 3. The smallest absolute Gasteiger partial charge is 0.365 e. The number of nitrogens with two attached hydrogens (primary N) is 1. The third-order valence-corrected chi connectivity index (χ3v) is 3.43. The minimum Gasteiger partial charge on any atom is -0.365 e. The first-order valence-corrected chi connectivity index (χ1v) is 6.67. The van der Waals surface area contributed by atoms with Crippen molar-refractivity contribution in [2.24, 2.45) is 5.73 Å². The maximum absolute atomic E-state index is 12.9. The SMILES string of the molecule is CC1CCC(C(=O)Nc2ccc(CN)c(C(F)(F)F)c2)O1. The van der Waals surface area contributed by atoms with Gasteiger partial charge < -0.3 is 15.8 Å². The molecule has 1 amide bonds. The Morgan fingerprint density at radius 2 is 2.14 bits per heavy atom. The van der Waals surface area contributed by atoms with Crippen molar-refractivity contribution in [3.8, 4) is 0 Å². The van der Waals surface area contributed by atoms with Gasteiger partial charge in [0, 0.05) is 12.2 Å². The highest BCUT2D eigenvalue weighted by Crippen LogP contribution is 2.34. The molecule has 116 valence electrons. The molecule has 0 aromatic heterocycles. The molecule has 7 heteroatoms. The van der Waals surface area contributed by atoms with Gasteiger partial charge in [0.25, 0.3) is 5.91 Å². The first kappa shape index (κ1) is 15.8. The average Bonchev–Trinajstić information content (AvgIpc) is 2.84. The number of rotatable bonds is 3. The normalized spacial score (nSPS) is 22.3. The fraction of sp³-hybridized carbons (Fsp3) is 0.500. The lowest BCUT2D eigenvalue weighted by atomic mass is 10.1. The van der Waals surface area contributed by atoms with Crippen LogP contribution >= 0.6 is 0 Å². The van der Waals surface area contributed by atoms with Gasteiger partial charge in [-0.15, -0.1) is 0 Å². The van der Waals surface area contributed by atoms with Gasteiger partial charge in [-0.25, -0.2) is 0 Å². The van der Waals surface area contributed by atoms with Crippen LogP contribution in [-0.2, 0) is 22.3 Å². The van der Waals surface area contributed by atoms with Gasteiger partial charge in [0.2, 0.25) is 0 Å². The largest absolute Gasteiger partial charge is 0.416 e. The molecule has 1 aromatic carbocycles. The highest BCUT2D eigenvalue weighted by molar-refractivity contribution is 5.94. The second-order valence-corrected chi connectivity index (χ2v) is 5.08. The van der Waals surface area contributed by atoms with E-state index < -0.39 is 23.8 Å². The van der Waals surface area contributed by atoms with Gasteiger partial charge in [0.15, 0.2) is 0 Å². The van der Waals surface area contributed by atoms with Gasteiger partial charge in [-0.1, -0.05) is 6.07 Å². The summed E-state index contributed by atoms with van der Waals surface area (Å²) >= 11 is 0. The molecule has 1 fully saturated rings. The molecule has 0 spiro atoms. The van der Waals surface area contributed by atoms with Crippen molar-refractivity contribution in [2.45, 2.75) is 44.7 Å². The zero-order valence-electron chi connectivity index (χ0n) is 11.5. The number of ether oxygens (including phenoxy) is 1. The van der Waals surface area contributed by atoms with Gasteiger partial charge >= 0.3 is 6.18 Å². The average molecular weight is 302 g/mol. The van der Waals surface area contributed by atoms with Crippen molar-refractivity contribution >= 4 is 11.6 Å². The molecular weight excluding hydrogens is 285 g/mol. The third kappa shape index (κ3) is 3.74. The first-order chi connectivity index (χ1) is 9.81. The van der Waals surface area contributed by atoms with Crippen molar-refractivity contribution in [3.63, 3.8) is 0 Å². The van der Waals surface area contributed by atoms with Gasteiger partial charge in [-0.2, -0.15) is 13.2 Å². The molecule has 21 heavy (non-hydrogen) atoms. The summed E-state index contributed by atoms with van der Waals surface area (Å²) < 4.78 is 44.1. The van der Waals surface area contributed by atoms with E-state index in [9.17, 15) is 18.0 Å². The predicted molar refractivity (Wildman–Crippen MR) is 71.5 cm³/mol. The summed E-state index contributed by atoms with van der Waals surface area (Å²) in [6.45, 7) is 1.64. The lowest BCUT2D eigenvalue weighted by Gasteiger charge is -2.15. The van der Waals surface area contributed by atoms with E-state index in [0.717, 1.165) is 12.5 Å². The second kappa shape index (κ2) is 6.03. The van der Waals surface area contributed by atoms with E-state index in [1.807, 2.05) is 6.92 Å². The number of carbonyl (C=O) groups excluding carboxylic acids is 1. The molecule has 0 saturated carbocycles. The number of nitrogens with one attached hydrogen (secondary N) is 1. The van der Waals surface area contributed by atoms with Crippen LogP contribution in [0.3, 0.4) is 0 Å². The fourth-order valence-corrected chi connectivity index (χ4v) is 2.31. The fourth-order valence-electron chi connectivity index (χ4n) is 2.31. The lowest BCUT2D eigenvalue weighted by molar-refractivity contribution is -0.138. The number of hydrogen-bond acceptors (Lipinski definition) is 3. The van der Waals surface area contributed by atoms with E-state index in [0.29, 0.717) is 6.42 Å². The Bertz CT molecular complexity index is 531. The summed E-state index contributed by atoms with van der Waals surface area (Å²) in [6, 6.07) is 3.59. The Morgan fingerprint density at radius 1 is 1.43 bits per heavy atom. The topological polar surface area (TPSA) is 64.4 Å². The van der Waals surface area contributed by atoms with Crippen LogP contribution in [0.2, 0.25) is 0 Å². The van der Waals surface area contributed by atoms with E-state index in [1.165, 1.54) is 12.1 Å². The number of hydrogen-bond donors (Lipinski definition) is 2. The van der Waals surface area contributed by atoms with Crippen LogP contribution in [0.1, 0.15) is 30.9 Å². The molecule has 4 nitrogen and oxygen atoms in total. The number of halogens is 3. The molecule has 1 aromatic rings. The van der Waals surface area contributed by atoms with Crippen LogP contribution in [0.5, 0.6) is 0 Å². The van der Waals surface area contributed by atoms with E-state index in [1.54, 1.807) is 0 Å². The van der Waals surface area contributed by atoms with Crippen LogP contribution in [0.15, 0.2) is 18.2 Å². The molecular formula is C14H17F3N2O2. The molecule has 3 N–H and O–H groups in total. The van der Waals surface area contributed by atoms with Crippen molar-refractivity contribution in [3.05, 3.63) is 29.3 Å². The Labute approximate surface area is 120 Å². The summed E-state index contributed by atoms with van der Waals surface area (Å²) in [7, 11) is 0. The monoisotopic (exact) mass is 302 g/mol. The minimum absolute atomic E-state index is 0.00811. The number of amides is 1. The van der Waals surface area contributed by atoms with Crippen molar-refractivity contribution in [1.29, 1.82) is 0 Å².